The molecular weight excluding hydrogens is 188 g/mol. The molecule has 0 radical (unpaired) electrons. The molecule has 1 rings (SSSR count). The number of rotatable bonds is 3. The zero-order valence-electron chi connectivity index (χ0n) is 7.19. The third-order valence-corrected chi connectivity index (χ3v) is 2.64. The molecule has 0 saturated carbocycles. The number of aliphatic carboxylic acids is 1. The number of hydrogen-bond donors (Lipinski definition) is 1. The van der Waals surface area contributed by atoms with E-state index in [1.54, 1.807) is 30.5 Å². The second-order valence-electron chi connectivity index (χ2n) is 2.63. The van der Waals surface area contributed by atoms with Crippen LogP contribution < -0.4 is 0 Å². The van der Waals surface area contributed by atoms with Crippen LogP contribution in [-0.4, -0.2) is 21.9 Å². The summed E-state index contributed by atoms with van der Waals surface area (Å²) in [6.45, 7) is 0. The van der Waals surface area contributed by atoms with E-state index in [-0.39, 0.29) is 6.42 Å². The second kappa shape index (κ2) is 4.30. The van der Waals surface area contributed by atoms with E-state index in [2.05, 4.69) is 0 Å². The van der Waals surface area contributed by atoms with Crippen molar-refractivity contribution in [3.8, 4) is 0 Å². The highest BCUT2D eigenvalue weighted by Gasteiger charge is 2.12. The van der Waals surface area contributed by atoms with Crippen LogP contribution in [0.1, 0.15) is 5.56 Å². The second-order valence-corrected chi connectivity index (χ2v) is 3.98. The van der Waals surface area contributed by atoms with Crippen molar-refractivity contribution in [2.75, 3.05) is 6.26 Å². The Morgan fingerprint density at radius 1 is 1.54 bits per heavy atom. The summed E-state index contributed by atoms with van der Waals surface area (Å²) in [5.41, 5.74) is 0.621. The SMILES string of the molecule is C[S+]([O-])c1ccccc1CC(=O)O. The van der Waals surface area contributed by atoms with Crippen LogP contribution >= 0.6 is 0 Å². The lowest BCUT2D eigenvalue weighted by molar-refractivity contribution is -0.136. The van der Waals surface area contributed by atoms with E-state index in [1.165, 1.54) is 0 Å². The van der Waals surface area contributed by atoms with Crippen LogP contribution in [0.4, 0.5) is 0 Å². The standard InChI is InChI=1S/C9H10O3S/c1-13(12)8-5-3-2-4-7(8)6-9(10)11/h2-5H,6H2,1H3,(H,10,11). The van der Waals surface area contributed by atoms with Gasteiger partial charge >= 0.3 is 5.97 Å². The summed E-state index contributed by atoms with van der Waals surface area (Å²) in [6.07, 6.45) is 1.47. The van der Waals surface area contributed by atoms with Crippen molar-refractivity contribution in [1.29, 1.82) is 0 Å². The first-order valence-corrected chi connectivity index (χ1v) is 5.30. The molecule has 1 aromatic carbocycles. The first kappa shape index (κ1) is 10.1. The highest BCUT2D eigenvalue weighted by atomic mass is 32.2. The highest BCUT2D eigenvalue weighted by Crippen LogP contribution is 2.15. The molecule has 0 aromatic heterocycles. The molecule has 0 aliphatic heterocycles. The van der Waals surface area contributed by atoms with Gasteiger partial charge in [0.1, 0.15) is 6.26 Å². The number of carboxylic acid groups (broad SMARTS) is 1. The molecule has 0 amide bonds. The number of carbonyl (C=O) groups is 1. The van der Waals surface area contributed by atoms with Crippen molar-refractivity contribution in [1.82, 2.24) is 0 Å². The Balaban J connectivity index is 2.97. The zero-order valence-corrected chi connectivity index (χ0v) is 8.00. The summed E-state index contributed by atoms with van der Waals surface area (Å²) in [5.74, 6) is -0.905. The summed E-state index contributed by atoms with van der Waals surface area (Å²) >= 11 is -1.12. The molecule has 0 bridgehead atoms. The van der Waals surface area contributed by atoms with Gasteiger partial charge in [0.2, 0.25) is 0 Å². The van der Waals surface area contributed by atoms with E-state index < -0.39 is 17.1 Å². The third kappa shape index (κ3) is 2.75. The predicted molar refractivity (Wildman–Crippen MR) is 50.1 cm³/mol. The van der Waals surface area contributed by atoms with Crippen LogP contribution in [-0.2, 0) is 22.4 Å². The van der Waals surface area contributed by atoms with E-state index >= 15 is 0 Å². The van der Waals surface area contributed by atoms with Crippen LogP contribution in [0.2, 0.25) is 0 Å². The van der Waals surface area contributed by atoms with E-state index in [9.17, 15) is 9.35 Å². The lowest BCUT2D eigenvalue weighted by atomic mass is 10.1. The fourth-order valence-electron chi connectivity index (χ4n) is 1.09. The minimum absolute atomic E-state index is 0.0737. The van der Waals surface area contributed by atoms with Crippen LogP contribution in [0.3, 0.4) is 0 Å². The molecule has 0 aliphatic carbocycles. The Morgan fingerprint density at radius 3 is 2.69 bits per heavy atom. The Morgan fingerprint density at radius 2 is 2.15 bits per heavy atom. The Hall–Kier alpha value is -1.00. The Labute approximate surface area is 79.6 Å². The summed E-state index contributed by atoms with van der Waals surface area (Å²) in [7, 11) is 0. The Kier molecular flexibility index (Phi) is 3.33. The first-order valence-electron chi connectivity index (χ1n) is 3.74. The van der Waals surface area contributed by atoms with Crippen LogP contribution in [0.15, 0.2) is 29.2 Å². The fourth-order valence-corrected chi connectivity index (χ4v) is 1.87. The van der Waals surface area contributed by atoms with Crippen molar-refractivity contribution in [2.24, 2.45) is 0 Å². The molecule has 3 nitrogen and oxygen atoms in total. The first-order chi connectivity index (χ1) is 6.11. The number of hydrogen-bond acceptors (Lipinski definition) is 2. The lowest BCUT2D eigenvalue weighted by Crippen LogP contribution is -2.07. The summed E-state index contributed by atoms with van der Waals surface area (Å²) in [6, 6.07) is 6.87. The summed E-state index contributed by atoms with van der Waals surface area (Å²) in [5, 5.41) is 8.57. The van der Waals surface area contributed by atoms with Crippen LogP contribution in [0.25, 0.3) is 0 Å². The number of carboxylic acids is 1. The maximum Gasteiger partial charge on any atom is 0.308 e. The van der Waals surface area contributed by atoms with Gasteiger partial charge in [-0.1, -0.05) is 18.2 Å². The maximum absolute atomic E-state index is 11.2. The van der Waals surface area contributed by atoms with Gasteiger partial charge in [0.25, 0.3) is 0 Å². The molecule has 0 heterocycles. The normalized spacial score (nSPS) is 12.5. The summed E-state index contributed by atoms with van der Waals surface area (Å²) in [4.78, 5) is 11.0. The fraction of sp³-hybridized carbons (Fsp3) is 0.222. The molecule has 0 fully saturated rings. The van der Waals surface area contributed by atoms with Crippen molar-refractivity contribution in [3.63, 3.8) is 0 Å². The van der Waals surface area contributed by atoms with Crippen molar-refractivity contribution in [2.45, 2.75) is 11.3 Å². The minimum atomic E-state index is -1.12. The molecule has 1 unspecified atom stereocenters. The largest absolute Gasteiger partial charge is 0.612 e. The van der Waals surface area contributed by atoms with Gasteiger partial charge in [-0.25, -0.2) is 0 Å². The summed E-state index contributed by atoms with van der Waals surface area (Å²) < 4.78 is 11.2. The monoisotopic (exact) mass is 198 g/mol. The minimum Gasteiger partial charge on any atom is -0.612 e. The van der Waals surface area contributed by atoms with Gasteiger partial charge in [-0.3, -0.25) is 4.79 Å². The lowest BCUT2D eigenvalue weighted by Gasteiger charge is -2.07. The predicted octanol–water partition coefficient (Wildman–Crippen LogP) is 1.05. The topological polar surface area (TPSA) is 60.4 Å². The van der Waals surface area contributed by atoms with E-state index in [0.29, 0.717) is 10.5 Å². The van der Waals surface area contributed by atoms with Crippen molar-refractivity contribution < 1.29 is 14.5 Å². The Bertz CT molecular complexity index is 309. The molecule has 1 aromatic rings. The zero-order chi connectivity index (χ0) is 9.84. The number of benzene rings is 1. The highest BCUT2D eigenvalue weighted by molar-refractivity contribution is 7.90. The van der Waals surface area contributed by atoms with Gasteiger partial charge in [0, 0.05) is 5.56 Å². The molecule has 1 N–H and O–H groups in total. The van der Waals surface area contributed by atoms with Crippen molar-refractivity contribution >= 4 is 17.1 Å². The van der Waals surface area contributed by atoms with Crippen LogP contribution in [0, 0.1) is 0 Å². The van der Waals surface area contributed by atoms with E-state index in [0.717, 1.165) is 0 Å². The molecular formula is C9H10O3S. The van der Waals surface area contributed by atoms with Gasteiger partial charge in [-0.2, -0.15) is 0 Å². The van der Waals surface area contributed by atoms with E-state index in [4.69, 9.17) is 5.11 Å². The van der Waals surface area contributed by atoms with Gasteiger partial charge in [0.15, 0.2) is 4.90 Å². The quantitative estimate of drug-likeness (QED) is 0.738. The molecule has 0 aliphatic rings. The maximum atomic E-state index is 11.2. The smallest absolute Gasteiger partial charge is 0.308 e. The molecule has 0 spiro atoms. The van der Waals surface area contributed by atoms with E-state index in [1.807, 2.05) is 0 Å². The van der Waals surface area contributed by atoms with Crippen LogP contribution in [0.5, 0.6) is 0 Å². The van der Waals surface area contributed by atoms with Gasteiger partial charge in [-0.15, -0.1) is 0 Å². The average molecular weight is 198 g/mol. The van der Waals surface area contributed by atoms with Gasteiger partial charge < -0.3 is 9.66 Å². The molecule has 0 saturated heterocycles. The molecule has 13 heavy (non-hydrogen) atoms. The van der Waals surface area contributed by atoms with Gasteiger partial charge in [0.05, 0.1) is 6.42 Å². The third-order valence-electron chi connectivity index (χ3n) is 1.62. The average Bonchev–Trinajstić information content (AvgIpc) is 2.03. The molecule has 70 valence electrons. The molecule has 4 heteroatoms. The van der Waals surface area contributed by atoms with Crippen molar-refractivity contribution in [3.05, 3.63) is 29.8 Å². The van der Waals surface area contributed by atoms with Gasteiger partial charge in [-0.05, 0) is 17.2 Å². The molecule has 1 atom stereocenters.